The second kappa shape index (κ2) is 9.79. The summed E-state index contributed by atoms with van der Waals surface area (Å²) in [6.45, 7) is 3.61. The fourth-order valence-corrected chi connectivity index (χ4v) is 2.85. The molecule has 2 amide bonds. The fourth-order valence-electron chi connectivity index (χ4n) is 2.59. The van der Waals surface area contributed by atoms with Crippen LogP contribution in [-0.4, -0.2) is 27.7 Å². The van der Waals surface area contributed by atoms with E-state index in [0.29, 0.717) is 5.56 Å². The zero-order chi connectivity index (χ0) is 22.4. The number of benzene rings is 2. The van der Waals surface area contributed by atoms with Crippen LogP contribution in [0.3, 0.4) is 0 Å². The maximum atomic E-state index is 12.6. The lowest BCUT2D eigenvalue weighted by molar-refractivity contribution is -0.385. The maximum absolute atomic E-state index is 12.6. The van der Waals surface area contributed by atoms with E-state index < -0.39 is 27.7 Å². The zero-order valence-electron chi connectivity index (χ0n) is 16.1. The third-order valence-electron chi connectivity index (χ3n) is 4.26. The van der Waals surface area contributed by atoms with E-state index in [1.54, 1.807) is 13.8 Å². The van der Waals surface area contributed by atoms with Crippen molar-refractivity contribution < 1.29 is 19.4 Å². The van der Waals surface area contributed by atoms with E-state index in [1.807, 2.05) is 0 Å². The van der Waals surface area contributed by atoms with Gasteiger partial charge in [0.1, 0.15) is 6.04 Å². The molecule has 2 N–H and O–H groups in total. The van der Waals surface area contributed by atoms with Gasteiger partial charge in [-0.05, 0) is 17.5 Å². The van der Waals surface area contributed by atoms with Gasteiger partial charge in [0, 0.05) is 30.8 Å². The summed E-state index contributed by atoms with van der Waals surface area (Å²) in [6.07, 6.45) is 0. The van der Waals surface area contributed by atoms with E-state index in [1.165, 1.54) is 30.3 Å². The number of nitrogens with zero attached hydrogens (tertiary/aromatic N) is 2. The molecular weight excluding hydrogens is 416 g/mol. The van der Waals surface area contributed by atoms with Crippen LogP contribution in [0.1, 0.15) is 29.8 Å². The summed E-state index contributed by atoms with van der Waals surface area (Å²) in [5, 5.41) is 26.6. The van der Waals surface area contributed by atoms with Gasteiger partial charge in [0.05, 0.1) is 20.4 Å². The number of nitro groups is 2. The summed E-state index contributed by atoms with van der Waals surface area (Å²) in [4.78, 5) is 45.4. The molecule has 0 heterocycles. The van der Waals surface area contributed by atoms with Crippen LogP contribution in [0, 0.1) is 26.1 Å². The van der Waals surface area contributed by atoms with Crippen molar-refractivity contribution in [3.63, 3.8) is 0 Å². The zero-order valence-corrected chi connectivity index (χ0v) is 16.9. The first-order valence-corrected chi connectivity index (χ1v) is 9.23. The predicted octanol–water partition coefficient (Wildman–Crippen LogP) is 3.23. The standard InChI is InChI=1S/C19H19ClN4O6/c1-11(2)17(19(26)21-10-12-3-5-13(6-4-12)23(27)28)22-18(25)15-8-7-14(24(29)30)9-16(15)20/h3-9,11,17H,10H2,1-2H3,(H,21,26)(H,22,25). The Labute approximate surface area is 176 Å². The van der Waals surface area contributed by atoms with E-state index >= 15 is 0 Å². The Morgan fingerprint density at radius 1 is 1.00 bits per heavy atom. The lowest BCUT2D eigenvalue weighted by atomic mass is 10.0. The third-order valence-corrected chi connectivity index (χ3v) is 4.57. The summed E-state index contributed by atoms with van der Waals surface area (Å²) < 4.78 is 0. The number of halogens is 1. The Morgan fingerprint density at radius 3 is 2.07 bits per heavy atom. The molecule has 0 aliphatic rings. The molecule has 0 radical (unpaired) electrons. The van der Waals surface area contributed by atoms with Gasteiger partial charge in [-0.3, -0.25) is 29.8 Å². The Bertz CT molecular complexity index is 977. The van der Waals surface area contributed by atoms with Crippen molar-refractivity contribution in [1.29, 1.82) is 0 Å². The second-order valence-corrected chi connectivity index (χ2v) is 7.16. The summed E-state index contributed by atoms with van der Waals surface area (Å²) in [7, 11) is 0. The molecule has 0 aromatic heterocycles. The van der Waals surface area contributed by atoms with Crippen LogP contribution in [0.4, 0.5) is 11.4 Å². The van der Waals surface area contributed by atoms with Crippen LogP contribution >= 0.6 is 11.6 Å². The molecule has 1 atom stereocenters. The molecule has 10 nitrogen and oxygen atoms in total. The van der Waals surface area contributed by atoms with Crippen molar-refractivity contribution in [2.24, 2.45) is 5.92 Å². The number of hydrogen-bond donors (Lipinski definition) is 2. The predicted molar refractivity (Wildman–Crippen MR) is 109 cm³/mol. The second-order valence-electron chi connectivity index (χ2n) is 6.76. The first kappa shape index (κ1) is 22.8. The van der Waals surface area contributed by atoms with Gasteiger partial charge in [-0.1, -0.05) is 37.6 Å². The minimum atomic E-state index is -0.887. The van der Waals surface area contributed by atoms with Crippen LogP contribution < -0.4 is 10.6 Å². The number of non-ortho nitro benzene ring substituents is 2. The van der Waals surface area contributed by atoms with E-state index in [0.717, 1.165) is 12.1 Å². The summed E-state index contributed by atoms with van der Waals surface area (Å²) in [6, 6.07) is 8.27. The summed E-state index contributed by atoms with van der Waals surface area (Å²) in [5.74, 6) is -1.35. The molecule has 2 rings (SSSR count). The SMILES string of the molecule is CC(C)C(NC(=O)c1ccc([N+](=O)[O-])cc1Cl)C(=O)NCc1ccc([N+](=O)[O-])cc1. The molecule has 0 saturated heterocycles. The van der Waals surface area contributed by atoms with Crippen LogP contribution in [0.25, 0.3) is 0 Å². The Hall–Kier alpha value is -3.53. The van der Waals surface area contributed by atoms with Crippen molar-refractivity contribution >= 4 is 34.8 Å². The number of amides is 2. The highest BCUT2D eigenvalue weighted by Crippen LogP contribution is 2.22. The number of carbonyl (C=O) groups excluding carboxylic acids is 2. The number of carbonyl (C=O) groups is 2. The van der Waals surface area contributed by atoms with Gasteiger partial charge in [0.15, 0.2) is 0 Å². The molecule has 0 aliphatic carbocycles. The lowest BCUT2D eigenvalue weighted by Crippen LogP contribution is -2.49. The Balaban J connectivity index is 2.05. The molecule has 0 bridgehead atoms. The fraction of sp³-hybridized carbons (Fsp3) is 0.263. The van der Waals surface area contributed by atoms with Crippen LogP contribution in [0.5, 0.6) is 0 Å². The van der Waals surface area contributed by atoms with E-state index in [-0.39, 0.29) is 34.4 Å². The van der Waals surface area contributed by atoms with E-state index in [9.17, 15) is 29.8 Å². The van der Waals surface area contributed by atoms with E-state index in [2.05, 4.69) is 10.6 Å². The van der Waals surface area contributed by atoms with Gasteiger partial charge >= 0.3 is 0 Å². The topological polar surface area (TPSA) is 144 Å². The van der Waals surface area contributed by atoms with Gasteiger partial charge in [-0.25, -0.2) is 0 Å². The number of nitro benzene ring substituents is 2. The molecule has 30 heavy (non-hydrogen) atoms. The van der Waals surface area contributed by atoms with Crippen LogP contribution in [0.15, 0.2) is 42.5 Å². The van der Waals surface area contributed by atoms with Crippen molar-refractivity contribution in [3.05, 3.63) is 78.8 Å². The molecule has 2 aromatic rings. The number of nitrogens with one attached hydrogen (secondary N) is 2. The first-order chi connectivity index (χ1) is 14.1. The first-order valence-electron chi connectivity index (χ1n) is 8.86. The molecular formula is C19H19ClN4O6. The van der Waals surface area contributed by atoms with Crippen molar-refractivity contribution in [2.45, 2.75) is 26.4 Å². The van der Waals surface area contributed by atoms with E-state index in [4.69, 9.17) is 11.6 Å². The normalized spacial score (nSPS) is 11.6. The quantitative estimate of drug-likeness (QED) is 0.482. The summed E-state index contributed by atoms with van der Waals surface area (Å²) >= 11 is 5.97. The van der Waals surface area contributed by atoms with Gasteiger partial charge in [0.2, 0.25) is 5.91 Å². The molecule has 0 saturated carbocycles. The maximum Gasteiger partial charge on any atom is 0.270 e. The highest BCUT2D eigenvalue weighted by atomic mass is 35.5. The third kappa shape index (κ3) is 5.74. The van der Waals surface area contributed by atoms with Gasteiger partial charge in [-0.2, -0.15) is 0 Å². The smallest absolute Gasteiger partial charge is 0.270 e. The van der Waals surface area contributed by atoms with Gasteiger partial charge in [-0.15, -0.1) is 0 Å². The highest BCUT2D eigenvalue weighted by Gasteiger charge is 2.26. The minimum absolute atomic E-state index is 0.0103. The Morgan fingerprint density at radius 2 is 1.57 bits per heavy atom. The monoisotopic (exact) mass is 434 g/mol. The molecule has 1 unspecified atom stereocenters. The lowest BCUT2D eigenvalue weighted by Gasteiger charge is -2.22. The van der Waals surface area contributed by atoms with Crippen molar-refractivity contribution in [3.8, 4) is 0 Å². The molecule has 0 aliphatic heterocycles. The number of hydrogen-bond acceptors (Lipinski definition) is 6. The van der Waals surface area contributed by atoms with Crippen molar-refractivity contribution in [1.82, 2.24) is 10.6 Å². The molecule has 0 spiro atoms. The van der Waals surface area contributed by atoms with Gasteiger partial charge < -0.3 is 10.6 Å². The highest BCUT2D eigenvalue weighted by molar-refractivity contribution is 6.34. The summed E-state index contributed by atoms with van der Waals surface area (Å²) in [5.41, 5.74) is 0.354. The number of rotatable bonds is 8. The molecule has 11 heteroatoms. The van der Waals surface area contributed by atoms with Crippen LogP contribution in [0.2, 0.25) is 5.02 Å². The molecule has 0 fully saturated rings. The van der Waals surface area contributed by atoms with Crippen LogP contribution in [-0.2, 0) is 11.3 Å². The average Bonchev–Trinajstić information content (AvgIpc) is 2.69. The van der Waals surface area contributed by atoms with Crippen molar-refractivity contribution in [2.75, 3.05) is 0 Å². The Kier molecular flexibility index (Phi) is 7.43. The average molecular weight is 435 g/mol. The molecule has 2 aromatic carbocycles. The molecule has 158 valence electrons. The largest absolute Gasteiger partial charge is 0.350 e. The minimum Gasteiger partial charge on any atom is -0.350 e. The van der Waals surface area contributed by atoms with Gasteiger partial charge in [0.25, 0.3) is 17.3 Å².